The van der Waals surface area contributed by atoms with Gasteiger partial charge < -0.3 is 9.32 Å². The van der Waals surface area contributed by atoms with Crippen molar-refractivity contribution in [1.29, 1.82) is 0 Å². The second kappa shape index (κ2) is 7.61. The van der Waals surface area contributed by atoms with Crippen LogP contribution >= 0.6 is 11.8 Å². The number of carbonyl (C=O) groups excluding carboxylic acids is 1. The Morgan fingerprint density at radius 1 is 1.24 bits per heavy atom. The zero-order valence-corrected chi connectivity index (χ0v) is 15.4. The van der Waals surface area contributed by atoms with Crippen LogP contribution in [0, 0.1) is 13.8 Å². The van der Waals surface area contributed by atoms with Crippen molar-refractivity contribution in [2.75, 3.05) is 12.8 Å². The van der Waals surface area contributed by atoms with Crippen LogP contribution in [-0.4, -0.2) is 33.2 Å². The molecule has 1 amide bonds. The number of thioether (sulfide) groups is 1. The SMILES string of the molecule is Cc1ccc(CN(C)C(=O)CSc2nccn2-c2ccccc2C)o1. The number of carbonyl (C=O) groups is 1. The van der Waals surface area contributed by atoms with E-state index in [-0.39, 0.29) is 5.91 Å². The van der Waals surface area contributed by atoms with Crippen molar-refractivity contribution in [3.05, 3.63) is 65.9 Å². The highest BCUT2D eigenvalue weighted by Crippen LogP contribution is 2.23. The molecule has 25 heavy (non-hydrogen) atoms. The normalized spacial score (nSPS) is 10.8. The van der Waals surface area contributed by atoms with Gasteiger partial charge in [-0.25, -0.2) is 4.98 Å². The van der Waals surface area contributed by atoms with Crippen LogP contribution in [0.25, 0.3) is 5.69 Å². The van der Waals surface area contributed by atoms with Gasteiger partial charge in [0, 0.05) is 19.4 Å². The molecular weight excluding hydrogens is 334 g/mol. The molecule has 0 N–H and O–H groups in total. The fourth-order valence-electron chi connectivity index (χ4n) is 2.54. The first-order chi connectivity index (χ1) is 12.0. The summed E-state index contributed by atoms with van der Waals surface area (Å²) in [5, 5.41) is 0.810. The largest absolute Gasteiger partial charge is 0.464 e. The standard InChI is InChI=1S/C19H21N3O2S/c1-14-6-4-5-7-17(14)22-11-10-20-19(22)25-13-18(23)21(3)12-16-9-8-15(2)24-16/h4-11H,12-13H2,1-3H3. The second-order valence-electron chi connectivity index (χ2n) is 5.92. The Hall–Kier alpha value is -2.47. The van der Waals surface area contributed by atoms with Crippen molar-refractivity contribution in [3.63, 3.8) is 0 Å². The molecule has 0 fully saturated rings. The Morgan fingerprint density at radius 3 is 2.76 bits per heavy atom. The second-order valence-corrected chi connectivity index (χ2v) is 6.86. The molecular formula is C19H21N3O2S. The molecule has 2 heterocycles. The number of benzene rings is 1. The number of rotatable bonds is 6. The molecule has 0 aliphatic carbocycles. The molecule has 0 saturated heterocycles. The molecule has 5 nitrogen and oxygen atoms in total. The molecule has 0 spiro atoms. The number of furan rings is 1. The average molecular weight is 355 g/mol. The Kier molecular flexibility index (Phi) is 5.28. The van der Waals surface area contributed by atoms with E-state index < -0.39 is 0 Å². The van der Waals surface area contributed by atoms with Crippen LogP contribution in [-0.2, 0) is 11.3 Å². The molecule has 0 bridgehead atoms. The Morgan fingerprint density at radius 2 is 2.04 bits per heavy atom. The van der Waals surface area contributed by atoms with Gasteiger partial charge in [0.2, 0.25) is 5.91 Å². The number of amides is 1. The van der Waals surface area contributed by atoms with Gasteiger partial charge in [-0.3, -0.25) is 9.36 Å². The van der Waals surface area contributed by atoms with Gasteiger partial charge in [-0.05, 0) is 37.6 Å². The number of imidazole rings is 1. The fraction of sp³-hybridized carbons (Fsp3) is 0.263. The maximum Gasteiger partial charge on any atom is 0.233 e. The summed E-state index contributed by atoms with van der Waals surface area (Å²) >= 11 is 1.44. The summed E-state index contributed by atoms with van der Waals surface area (Å²) in [7, 11) is 1.79. The van der Waals surface area contributed by atoms with E-state index in [9.17, 15) is 4.79 Å². The van der Waals surface area contributed by atoms with Crippen molar-refractivity contribution in [1.82, 2.24) is 14.5 Å². The third kappa shape index (κ3) is 4.14. The van der Waals surface area contributed by atoms with Crippen LogP contribution in [0.15, 0.2) is 58.4 Å². The molecule has 0 saturated carbocycles. The fourth-order valence-corrected chi connectivity index (χ4v) is 3.45. The van der Waals surface area contributed by atoms with Crippen LogP contribution in [0.5, 0.6) is 0 Å². The maximum absolute atomic E-state index is 12.4. The minimum atomic E-state index is 0.0402. The van der Waals surface area contributed by atoms with E-state index in [0.717, 1.165) is 22.4 Å². The van der Waals surface area contributed by atoms with Crippen molar-refractivity contribution in [3.8, 4) is 5.69 Å². The third-order valence-corrected chi connectivity index (χ3v) is 4.87. The van der Waals surface area contributed by atoms with Crippen molar-refractivity contribution in [2.24, 2.45) is 0 Å². The average Bonchev–Trinajstić information content (AvgIpc) is 3.22. The molecule has 3 rings (SSSR count). The van der Waals surface area contributed by atoms with Crippen molar-refractivity contribution < 1.29 is 9.21 Å². The minimum absolute atomic E-state index is 0.0402. The summed E-state index contributed by atoms with van der Waals surface area (Å²) in [6, 6.07) is 11.9. The predicted molar refractivity (Wildman–Crippen MR) is 98.9 cm³/mol. The van der Waals surface area contributed by atoms with Gasteiger partial charge in [0.25, 0.3) is 0 Å². The van der Waals surface area contributed by atoms with E-state index in [1.807, 2.05) is 48.0 Å². The highest BCUT2D eigenvalue weighted by atomic mass is 32.2. The highest BCUT2D eigenvalue weighted by Gasteiger charge is 2.14. The number of aromatic nitrogens is 2. The molecule has 6 heteroatoms. The summed E-state index contributed by atoms with van der Waals surface area (Å²) in [4.78, 5) is 18.5. The van der Waals surface area contributed by atoms with Gasteiger partial charge >= 0.3 is 0 Å². The Labute approximate surface area is 151 Å². The van der Waals surface area contributed by atoms with Crippen LogP contribution in [0.4, 0.5) is 0 Å². The zero-order chi connectivity index (χ0) is 17.8. The topological polar surface area (TPSA) is 51.3 Å². The van der Waals surface area contributed by atoms with Gasteiger partial charge in [-0.1, -0.05) is 30.0 Å². The van der Waals surface area contributed by atoms with Gasteiger partial charge in [0.05, 0.1) is 18.0 Å². The third-order valence-electron chi connectivity index (χ3n) is 3.92. The number of para-hydroxylation sites is 1. The molecule has 2 aromatic heterocycles. The first-order valence-electron chi connectivity index (χ1n) is 8.06. The molecule has 3 aromatic rings. The van der Waals surface area contributed by atoms with Crippen molar-refractivity contribution >= 4 is 17.7 Å². The Bertz CT molecular complexity index is 869. The summed E-state index contributed by atoms with van der Waals surface area (Å²) < 4.78 is 7.54. The lowest BCUT2D eigenvalue weighted by atomic mass is 10.2. The smallest absolute Gasteiger partial charge is 0.233 e. The minimum Gasteiger partial charge on any atom is -0.464 e. The first-order valence-corrected chi connectivity index (χ1v) is 9.04. The van der Waals surface area contributed by atoms with Gasteiger partial charge in [0.15, 0.2) is 5.16 Å². The first kappa shape index (κ1) is 17.4. The summed E-state index contributed by atoms with van der Waals surface area (Å²) in [5.74, 6) is 2.02. The number of aryl methyl sites for hydroxylation is 2. The van der Waals surface area contributed by atoms with Crippen molar-refractivity contribution in [2.45, 2.75) is 25.5 Å². The van der Waals surface area contributed by atoms with E-state index in [4.69, 9.17) is 4.42 Å². The van der Waals surface area contributed by atoms with E-state index in [1.54, 1.807) is 18.1 Å². The quantitative estimate of drug-likeness (QED) is 0.631. The highest BCUT2D eigenvalue weighted by molar-refractivity contribution is 7.99. The summed E-state index contributed by atoms with van der Waals surface area (Å²) in [6.45, 7) is 4.43. The zero-order valence-electron chi connectivity index (χ0n) is 14.6. The monoisotopic (exact) mass is 355 g/mol. The van der Waals surface area contributed by atoms with Crippen LogP contribution in [0.3, 0.4) is 0 Å². The van der Waals surface area contributed by atoms with E-state index in [1.165, 1.54) is 17.3 Å². The van der Waals surface area contributed by atoms with Gasteiger partial charge in [-0.15, -0.1) is 0 Å². The Balaban J connectivity index is 1.63. The van der Waals surface area contributed by atoms with E-state index in [0.29, 0.717) is 12.3 Å². The van der Waals surface area contributed by atoms with E-state index >= 15 is 0 Å². The summed E-state index contributed by atoms with van der Waals surface area (Å²) in [6.07, 6.45) is 3.68. The van der Waals surface area contributed by atoms with Crippen LogP contribution in [0.2, 0.25) is 0 Å². The molecule has 0 unspecified atom stereocenters. The molecule has 0 aliphatic heterocycles. The molecule has 130 valence electrons. The lowest BCUT2D eigenvalue weighted by molar-refractivity contribution is -0.127. The number of hydrogen-bond acceptors (Lipinski definition) is 4. The molecule has 0 atom stereocenters. The van der Waals surface area contributed by atoms with Crippen LogP contribution < -0.4 is 0 Å². The lowest BCUT2D eigenvalue weighted by Crippen LogP contribution is -2.27. The predicted octanol–water partition coefficient (Wildman–Crippen LogP) is 3.83. The van der Waals surface area contributed by atoms with Gasteiger partial charge in [-0.2, -0.15) is 0 Å². The maximum atomic E-state index is 12.4. The molecule has 0 radical (unpaired) electrons. The summed E-state index contributed by atoms with van der Waals surface area (Å²) in [5.41, 5.74) is 2.24. The van der Waals surface area contributed by atoms with Crippen LogP contribution in [0.1, 0.15) is 17.1 Å². The van der Waals surface area contributed by atoms with E-state index in [2.05, 4.69) is 18.0 Å². The number of nitrogens with zero attached hydrogens (tertiary/aromatic N) is 3. The number of hydrogen-bond donors (Lipinski definition) is 0. The molecule has 1 aromatic carbocycles. The lowest BCUT2D eigenvalue weighted by Gasteiger charge is -2.16. The van der Waals surface area contributed by atoms with Gasteiger partial charge in [0.1, 0.15) is 11.5 Å². The molecule has 0 aliphatic rings.